The van der Waals surface area contributed by atoms with Crippen LogP contribution in [0, 0.1) is 0 Å². The molecule has 1 aliphatic heterocycles. The van der Waals surface area contributed by atoms with Crippen molar-refractivity contribution in [3.63, 3.8) is 0 Å². The second kappa shape index (κ2) is 10.3. The molecule has 1 saturated carbocycles. The third-order valence-corrected chi connectivity index (χ3v) is 6.18. The molecule has 0 unspecified atom stereocenters. The van der Waals surface area contributed by atoms with Gasteiger partial charge >= 0.3 is 6.03 Å². The predicted molar refractivity (Wildman–Crippen MR) is 124 cm³/mol. The predicted octanol–water partition coefficient (Wildman–Crippen LogP) is 3.74. The molecular weight excluding hydrogens is 404 g/mol. The summed E-state index contributed by atoms with van der Waals surface area (Å²) in [7, 11) is 0. The fourth-order valence-electron chi connectivity index (χ4n) is 4.33. The largest absolute Gasteiger partial charge is 0.349 e. The van der Waals surface area contributed by atoms with Crippen LogP contribution in [-0.2, 0) is 0 Å². The first-order valence-corrected chi connectivity index (χ1v) is 11.4. The number of benzene rings is 2. The third kappa shape index (κ3) is 5.46. The Hall–Kier alpha value is -3.35. The highest BCUT2D eigenvalue weighted by Gasteiger charge is 2.23. The number of rotatable bonds is 4. The molecule has 0 atom stereocenters. The van der Waals surface area contributed by atoms with Gasteiger partial charge in [0.1, 0.15) is 0 Å². The maximum Gasteiger partial charge on any atom is 0.321 e. The van der Waals surface area contributed by atoms with Gasteiger partial charge in [0.25, 0.3) is 11.8 Å². The fourth-order valence-corrected chi connectivity index (χ4v) is 4.33. The third-order valence-electron chi connectivity index (χ3n) is 6.18. The summed E-state index contributed by atoms with van der Waals surface area (Å²) in [5.74, 6) is -0.0650. The van der Waals surface area contributed by atoms with Crippen LogP contribution in [0.5, 0.6) is 0 Å². The molecule has 2 aromatic rings. The van der Waals surface area contributed by atoms with Crippen molar-refractivity contribution in [2.75, 3.05) is 31.5 Å². The van der Waals surface area contributed by atoms with E-state index < -0.39 is 0 Å². The Kier molecular flexibility index (Phi) is 7.04. The highest BCUT2D eigenvalue weighted by Crippen LogP contribution is 2.19. The lowest BCUT2D eigenvalue weighted by Gasteiger charge is -2.22. The average Bonchev–Trinajstić information content (AvgIpc) is 3.20. The minimum atomic E-state index is -0.192. The van der Waals surface area contributed by atoms with Crippen LogP contribution in [0.3, 0.4) is 0 Å². The van der Waals surface area contributed by atoms with Gasteiger partial charge in [-0.25, -0.2) is 4.79 Å². The van der Waals surface area contributed by atoms with Crippen LogP contribution in [0.1, 0.15) is 52.8 Å². The summed E-state index contributed by atoms with van der Waals surface area (Å²) in [5, 5.41) is 5.98. The zero-order chi connectivity index (χ0) is 22.3. The number of nitrogens with zero attached hydrogens (tertiary/aromatic N) is 2. The van der Waals surface area contributed by atoms with Gasteiger partial charge in [-0.1, -0.05) is 31.0 Å². The van der Waals surface area contributed by atoms with E-state index in [1.54, 1.807) is 34.1 Å². The Balaban J connectivity index is 1.29. The second-order valence-electron chi connectivity index (χ2n) is 8.46. The van der Waals surface area contributed by atoms with Crippen molar-refractivity contribution >= 4 is 23.5 Å². The summed E-state index contributed by atoms with van der Waals surface area (Å²) in [4.78, 5) is 41.3. The summed E-state index contributed by atoms with van der Waals surface area (Å²) < 4.78 is 0. The number of carbonyl (C=O) groups is 3. The lowest BCUT2D eigenvalue weighted by Crippen LogP contribution is -2.39. The maximum absolute atomic E-state index is 12.7. The molecule has 0 spiro atoms. The summed E-state index contributed by atoms with van der Waals surface area (Å²) in [6.45, 7) is 2.20. The maximum atomic E-state index is 12.7. The number of nitrogens with one attached hydrogen (secondary N) is 2. The van der Waals surface area contributed by atoms with Crippen LogP contribution < -0.4 is 10.6 Å². The first-order chi connectivity index (χ1) is 15.6. The van der Waals surface area contributed by atoms with Crippen molar-refractivity contribution in [1.82, 2.24) is 15.1 Å². The lowest BCUT2D eigenvalue weighted by molar-refractivity contribution is 0.0762. The second-order valence-corrected chi connectivity index (χ2v) is 8.46. The Bertz CT molecular complexity index is 939. The van der Waals surface area contributed by atoms with Crippen LogP contribution in [0.2, 0.25) is 0 Å². The van der Waals surface area contributed by atoms with Crippen molar-refractivity contribution in [1.29, 1.82) is 0 Å². The highest BCUT2D eigenvalue weighted by atomic mass is 16.2. The molecule has 7 heteroatoms. The van der Waals surface area contributed by atoms with Gasteiger partial charge in [0.2, 0.25) is 0 Å². The zero-order valence-electron chi connectivity index (χ0n) is 18.3. The van der Waals surface area contributed by atoms with E-state index in [1.165, 1.54) is 12.8 Å². The summed E-state index contributed by atoms with van der Waals surface area (Å²) in [6.07, 6.45) is 5.16. The number of hydrogen-bond acceptors (Lipinski definition) is 3. The molecule has 1 heterocycles. The molecule has 4 rings (SSSR count). The van der Waals surface area contributed by atoms with Crippen LogP contribution in [0.25, 0.3) is 0 Å². The number of carbonyl (C=O) groups excluding carboxylic acids is 3. The van der Waals surface area contributed by atoms with E-state index in [0.29, 0.717) is 43.0 Å². The van der Waals surface area contributed by atoms with Gasteiger partial charge in [-0.3, -0.25) is 9.59 Å². The van der Waals surface area contributed by atoms with E-state index in [-0.39, 0.29) is 23.9 Å². The molecule has 0 aromatic heterocycles. The number of amides is 4. The quantitative estimate of drug-likeness (QED) is 0.769. The van der Waals surface area contributed by atoms with Crippen molar-refractivity contribution < 1.29 is 14.4 Å². The van der Waals surface area contributed by atoms with Crippen molar-refractivity contribution in [2.24, 2.45) is 0 Å². The van der Waals surface area contributed by atoms with E-state index in [1.807, 2.05) is 30.3 Å². The van der Waals surface area contributed by atoms with Crippen LogP contribution in [0.4, 0.5) is 10.5 Å². The molecule has 0 bridgehead atoms. The Morgan fingerprint density at radius 1 is 0.719 bits per heavy atom. The fraction of sp³-hybridized carbons (Fsp3) is 0.400. The molecule has 2 N–H and O–H groups in total. The minimum absolute atomic E-state index is 0.000623. The van der Waals surface area contributed by atoms with Crippen LogP contribution >= 0.6 is 0 Å². The number of anilines is 1. The van der Waals surface area contributed by atoms with E-state index in [0.717, 1.165) is 19.3 Å². The van der Waals surface area contributed by atoms with E-state index in [4.69, 9.17) is 0 Å². The van der Waals surface area contributed by atoms with Gasteiger partial charge in [-0.2, -0.15) is 0 Å². The Morgan fingerprint density at radius 2 is 1.38 bits per heavy atom. The van der Waals surface area contributed by atoms with Gasteiger partial charge in [0.15, 0.2) is 0 Å². The monoisotopic (exact) mass is 434 g/mol. The molecule has 2 fully saturated rings. The van der Waals surface area contributed by atoms with Gasteiger partial charge in [0, 0.05) is 49.0 Å². The molecule has 168 valence electrons. The Morgan fingerprint density at radius 3 is 2.09 bits per heavy atom. The van der Waals surface area contributed by atoms with Crippen molar-refractivity contribution in [2.45, 2.75) is 38.1 Å². The SMILES string of the molecule is O=C(NC1CCCC1)c1ccc(NC(=O)N2CCCN(C(=O)c3ccccc3)CC2)cc1. The molecule has 2 aliphatic rings. The summed E-state index contributed by atoms with van der Waals surface area (Å²) in [5.41, 5.74) is 1.91. The van der Waals surface area contributed by atoms with E-state index in [2.05, 4.69) is 10.6 Å². The van der Waals surface area contributed by atoms with Gasteiger partial charge in [-0.15, -0.1) is 0 Å². The molecular formula is C25H30N4O3. The molecule has 4 amide bonds. The number of hydrogen-bond donors (Lipinski definition) is 2. The minimum Gasteiger partial charge on any atom is -0.349 e. The normalized spacial score (nSPS) is 17.0. The summed E-state index contributed by atoms with van der Waals surface area (Å²) in [6, 6.07) is 16.3. The first-order valence-electron chi connectivity index (χ1n) is 11.4. The molecule has 0 radical (unpaired) electrons. The topological polar surface area (TPSA) is 81.8 Å². The molecule has 2 aromatic carbocycles. The standard InChI is InChI=1S/C25H30N4O3/c30-23(26-21-9-4-5-10-21)19-11-13-22(14-12-19)27-25(32)29-16-6-15-28(17-18-29)24(31)20-7-2-1-3-8-20/h1-3,7-8,11-14,21H,4-6,9-10,15-18H2,(H,26,30)(H,27,32). The van der Waals surface area contributed by atoms with Gasteiger partial charge in [0.05, 0.1) is 0 Å². The Labute approximate surface area is 188 Å². The van der Waals surface area contributed by atoms with Crippen molar-refractivity contribution in [3.8, 4) is 0 Å². The van der Waals surface area contributed by atoms with E-state index >= 15 is 0 Å². The molecule has 7 nitrogen and oxygen atoms in total. The highest BCUT2D eigenvalue weighted by molar-refractivity contribution is 5.96. The number of urea groups is 1. The van der Waals surface area contributed by atoms with Gasteiger partial charge in [-0.05, 0) is 55.7 Å². The molecule has 32 heavy (non-hydrogen) atoms. The summed E-state index contributed by atoms with van der Waals surface area (Å²) >= 11 is 0. The van der Waals surface area contributed by atoms with Crippen LogP contribution in [-0.4, -0.2) is 59.9 Å². The molecule has 1 saturated heterocycles. The average molecular weight is 435 g/mol. The zero-order valence-corrected chi connectivity index (χ0v) is 18.3. The van der Waals surface area contributed by atoms with Gasteiger partial charge < -0.3 is 20.4 Å². The smallest absolute Gasteiger partial charge is 0.321 e. The first kappa shape index (κ1) is 21.9. The van der Waals surface area contributed by atoms with E-state index in [9.17, 15) is 14.4 Å². The van der Waals surface area contributed by atoms with Crippen molar-refractivity contribution in [3.05, 3.63) is 65.7 Å². The molecule has 1 aliphatic carbocycles. The van der Waals surface area contributed by atoms with Crippen LogP contribution in [0.15, 0.2) is 54.6 Å². The lowest BCUT2D eigenvalue weighted by atomic mass is 10.1.